The summed E-state index contributed by atoms with van der Waals surface area (Å²) in [6, 6.07) is 15.2. The van der Waals surface area contributed by atoms with E-state index in [4.69, 9.17) is 9.47 Å². The van der Waals surface area contributed by atoms with Gasteiger partial charge in [0.15, 0.2) is 5.72 Å². The average Bonchev–Trinajstić information content (AvgIpc) is 3.26. The highest BCUT2D eigenvalue weighted by molar-refractivity contribution is 5.71. The number of para-hydroxylation sites is 1. The second-order valence-corrected chi connectivity index (χ2v) is 8.50. The summed E-state index contributed by atoms with van der Waals surface area (Å²) in [7, 11) is 0. The van der Waals surface area contributed by atoms with Crippen molar-refractivity contribution in [3.05, 3.63) is 59.7 Å². The van der Waals surface area contributed by atoms with Gasteiger partial charge in [0.05, 0.1) is 13.2 Å². The van der Waals surface area contributed by atoms with Gasteiger partial charge in [-0.1, -0.05) is 38.1 Å². The Morgan fingerprint density at radius 3 is 2.60 bits per heavy atom. The van der Waals surface area contributed by atoms with E-state index in [1.807, 2.05) is 6.92 Å². The van der Waals surface area contributed by atoms with E-state index >= 15 is 0 Å². The van der Waals surface area contributed by atoms with Crippen molar-refractivity contribution in [2.24, 2.45) is 0 Å². The van der Waals surface area contributed by atoms with Crippen LogP contribution in [0.4, 0.5) is 11.4 Å². The quantitative estimate of drug-likeness (QED) is 0.609. The van der Waals surface area contributed by atoms with Crippen LogP contribution in [0.15, 0.2) is 48.5 Å². The smallest absolute Gasteiger partial charge is 0.170 e. The predicted molar refractivity (Wildman–Crippen MR) is 126 cm³/mol. The molecule has 30 heavy (non-hydrogen) atoms. The molecule has 0 aromatic heterocycles. The molecule has 1 atom stereocenters. The Bertz CT molecular complexity index is 932. The Morgan fingerprint density at radius 1 is 1.10 bits per heavy atom. The maximum absolute atomic E-state index is 6.47. The van der Waals surface area contributed by atoms with Gasteiger partial charge >= 0.3 is 0 Å². The normalized spacial score (nSPS) is 21.7. The van der Waals surface area contributed by atoms with Gasteiger partial charge in [0.1, 0.15) is 5.75 Å². The number of benzene rings is 2. The summed E-state index contributed by atoms with van der Waals surface area (Å²) in [4.78, 5) is 4.76. The maximum atomic E-state index is 6.47. The van der Waals surface area contributed by atoms with Gasteiger partial charge in [-0.15, -0.1) is 0 Å². The first-order valence-electron chi connectivity index (χ1n) is 11.2. The number of nitrogens with zero attached hydrogens (tertiary/aromatic N) is 2. The van der Waals surface area contributed by atoms with Crippen LogP contribution in [-0.4, -0.2) is 38.6 Å². The van der Waals surface area contributed by atoms with Gasteiger partial charge in [-0.05, 0) is 50.6 Å². The molecule has 1 fully saturated rings. The molecule has 0 bridgehead atoms. The average molecular weight is 407 g/mol. The summed E-state index contributed by atoms with van der Waals surface area (Å²) in [6.07, 6.45) is 4.43. The van der Waals surface area contributed by atoms with Crippen LogP contribution in [0.1, 0.15) is 45.7 Å². The lowest BCUT2D eigenvalue weighted by molar-refractivity contribution is 0.000333. The van der Waals surface area contributed by atoms with E-state index in [1.54, 1.807) is 0 Å². The SMILES string of the molecule is CCOc1cc(N(CC)CC)ccc1/C=C/C12OCCN1c1ccccc1C2(C)C. The minimum Gasteiger partial charge on any atom is -0.493 e. The van der Waals surface area contributed by atoms with E-state index in [0.29, 0.717) is 6.61 Å². The molecule has 2 heterocycles. The zero-order chi connectivity index (χ0) is 21.4. The van der Waals surface area contributed by atoms with E-state index in [2.05, 4.69) is 92.1 Å². The van der Waals surface area contributed by atoms with Crippen LogP contribution < -0.4 is 14.5 Å². The van der Waals surface area contributed by atoms with Crippen LogP contribution >= 0.6 is 0 Å². The first kappa shape index (κ1) is 20.8. The summed E-state index contributed by atoms with van der Waals surface area (Å²) in [5.74, 6) is 0.924. The molecule has 0 radical (unpaired) electrons. The Kier molecular flexibility index (Phi) is 5.54. The highest BCUT2D eigenvalue weighted by Crippen LogP contribution is 2.55. The Labute approximate surface area is 181 Å². The highest BCUT2D eigenvalue weighted by atomic mass is 16.5. The topological polar surface area (TPSA) is 24.9 Å². The highest BCUT2D eigenvalue weighted by Gasteiger charge is 2.58. The minimum absolute atomic E-state index is 0.149. The molecule has 2 aromatic carbocycles. The van der Waals surface area contributed by atoms with Gasteiger partial charge in [-0.25, -0.2) is 0 Å². The lowest BCUT2D eigenvalue weighted by Gasteiger charge is -2.39. The van der Waals surface area contributed by atoms with Crippen LogP contribution in [0, 0.1) is 0 Å². The van der Waals surface area contributed by atoms with Gasteiger partial charge in [-0.2, -0.15) is 0 Å². The summed E-state index contributed by atoms with van der Waals surface area (Å²) in [6.45, 7) is 15.2. The third kappa shape index (κ3) is 3.09. The zero-order valence-corrected chi connectivity index (χ0v) is 18.9. The number of fused-ring (bicyclic) bond motifs is 3. The first-order chi connectivity index (χ1) is 14.5. The largest absolute Gasteiger partial charge is 0.493 e. The van der Waals surface area contributed by atoms with Crippen molar-refractivity contribution < 1.29 is 9.47 Å². The number of hydrogen-bond donors (Lipinski definition) is 0. The monoisotopic (exact) mass is 406 g/mol. The van der Waals surface area contributed by atoms with Crippen LogP contribution in [-0.2, 0) is 10.2 Å². The number of anilines is 2. The molecule has 2 aliphatic rings. The van der Waals surface area contributed by atoms with E-state index in [1.165, 1.54) is 16.9 Å². The summed E-state index contributed by atoms with van der Waals surface area (Å²) in [5.41, 5.74) is 4.29. The fourth-order valence-electron chi connectivity index (χ4n) is 5.06. The summed E-state index contributed by atoms with van der Waals surface area (Å²) < 4.78 is 12.5. The second kappa shape index (κ2) is 7.99. The molecule has 1 unspecified atom stereocenters. The molecule has 4 rings (SSSR count). The van der Waals surface area contributed by atoms with Crippen molar-refractivity contribution in [2.45, 2.75) is 45.8 Å². The molecule has 0 saturated carbocycles. The van der Waals surface area contributed by atoms with Crippen molar-refractivity contribution >= 4 is 17.5 Å². The standard InChI is InChI=1S/C26H34N2O2/c1-6-27(7-2)21-14-13-20(24(19-21)29-8-3)15-16-26-25(4,5)22-11-9-10-12-23(22)28(26)17-18-30-26/h9-16,19H,6-8,17-18H2,1-5H3/b16-15+. The summed E-state index contributed by atoms with van der Waals surface area (Å²) in [5, 5.41) is 0. The predicted octanol–water partition coefficient (Wildman–Crippen LogP) is 5.47. The third-order valence-electron chi connectivity index (χ3n) is 6.72. The fraction of sp³-hybridized carbons (Fsp3) is 0.462. The fourth-order valence-corrected chi connectivity index (χ4v) is 5.06. The molecule has 0 N–H and O–H groups in total. The number of ether oxygens (including phenoxy) is 2. The van der Waals surface area contributed by atoms with Gasteiger partial charge < -0.3 is 19.3 Å². The Balaban J connectivity index is 1.73. The Hall–Kier alpha value is -2.46. The lowest BCUT2D eigenvalue weighted by atomic mass is 9.77. The molecule has 1 saturated heterocycles. The number of hydrogen-bond acceptors (Lipinski definition) is 4. The van der Waals surface area contributed by atoms with Crippen molar-refractivity contribution in [1.29, 1.82) is 0 Å². The lowest BCUT2D eigenvalue weighted by Crippen LogP contribution is -2.51. The molecular formula is C26H34N2O2. The Morgan fingerprint density at radius 2 is 1.87 bits per heavy atom. The molecule has 2 aliphatic heterocycles. The van der Waals surface area contributed by atoms with Gasteiger partial charge in [0, 0.05) is 48.1 Å². The van der Waals surface area contributed by atoms with E-state index in [0.717, 1.165) is 37.6 Å². The third-order valence-corrected chi connectivity index (χ3v) is 6.72. The second-order valence-electron chi connectivity index (χ2n) is 8.50. The molecule has 160 valence electrons. The van der Waals surface area contributed by atoms with Crippen molar-refractivity contribution in [2.75, 3.05) is 42.6 Å². The van der Waals surface area contributed by atoms with Crippen LogP contribution in [0.3, 0.4) is 0 Å². The van der Waals surface area contributed by atoms with Crippen LogP contribution in [0.25, 0.3) is 6.08 Å². The molecule has 2 aromatic rings. The summed E-state index contributed by atoms with van der Waals surface area (Å²) >= 11 is 0. The van der Waals surface area contributed by atoms with Crippen molar-refractivity contribution in [3.63, 3.8) is 0 Å². The van der Waals surface area contributed by atoms with Crippen molar-refractivity contribution in [1.82, 2.24) is 0 Å². The maximum Gasteiger partial charge on any atom is 0.170 e. The van der Waals surface area contributed by atoms with E-state index < -0.39 is 5.72 Å². The number of rotatable bonds is 7. The molecule has 0 aliphatic carbocycles. The van der Waals surface area contributed by atoms with Gasteiger partial charge in [-0.3, -0.25) is 0 Å². The molecule has 4 heteroatoms. The van der Waals surface area contributed by atoms with Gasteiger partial charge in [0.2, 0.25) is 0 Å². The van der Waals surface area contributed by atoms with E-state index in [-0.39, 0.29) is 5.41 Å². The van der Waals surface area contributed by atoms with Crippen molar-refractivity contribution in [3.8, 4) is 5.75 Å². The minimum atomic E-state index is -0.474. The zero-order valence-electron chi connectivity index (χ0n) is 18.9. The molecule has 0 spiro atoms. The van der Waals surface area contributed by atoms with Crippen LogP contribution in [0.2, 0.25) is 0 Å². The van der Waals surface area contributed by atoms with E-state index in [9.17, 15) is 0 Å². The molecule has 4 nitrogen and oxygen atoms in total. The van der Waals surface area contributed by atoms with Gasteiger partial charge in [0.25, 0.3) is 0 Å². The first-order valence-corrected chi connectivity index (χ1v) is 11.2. The van der Waals surface area contributed by atoms with Crippen LogP contribution in [0.5, 0.6) is 5.75 Å². The molecular weight excluding hydrogens is 372 g/mol. The molecule has 0 amide bonds.